The molecule has 3 heteroatoms. The quantitative estimate of drug-likeness (QED) is 0.380. The van der Waals surface area contributed by atoms with Crippen molar-refractivity contribution in [1.29, 1.82) is 0 Å². The molecule has 0 aromatic rings. The van der Waals surface area contributed by atoms with Crippen molar-refractivity contribution in [2.45, 2.75) is 90.1 Å². The van der Waals surface area contributed by atoms with E-state index in [0.717, 1.165) is 19.4 Å². The first-order chi connectivity index (χ1) is 9.81. The average molecular weight is 287 g/mol. The number of nitrogens with one attached hydrogen (secondary N) is 1. The molecule has 0 spiro atoms. The summed E-state index contributed by atoms with van der Waals surface area (Å²) >= 11 is 0. The lowest BCUT2D eigenvalue weighted by Crippen LogP contribution is -2.30. The van der Waals surface area contributed by atoms with Gasteiger partial charge in [-0.1, -0.05) is 77.6 Å². The van der Waals surface area contributed by atoms with E-state index >= 15 is 0 Å². The van der Waals surface area contributed by atoms with Crippen LogP contribution in [0.15, 0.2) is 0 Å². The summed E-state index contributed by atoms with van der Waals surface area (Å²) in [6.45, 7) is 4.40. The van der Waals surface area contributed by atoms with Crippen molar-refractivity contribution in [3.8, 4) is 0 Å². The topological polar surface area (TPSA) is 58.3 Å². The molecule has 0 aliphatic carbocycles. The van der Waals surface area contributed by atoms with Crippen molar-refractivity contribution in [3.63, 3.8) is 0 Å². The SMILES string of the molecule is CCCCCCCCCCCCCC(O)CNCCN. The van der Waals surface area contributed by atoms with E-state index in [-0.39, 0.29) is 6.10 Å². The molecule has 0 heterocycles. The maximum absolute atomic E-state index is 9.72. The monoisotopic (exact) mass is 286 g/mol. The molecule has 0 aromatic carbocycles. The van der Waals surface area contributed by atoms with Crippen LogP contribution in [0.5, 0.6) is 0 Å². The summed E-state index contributed by atoms with van der Waals surface area (Å²) in [5.41, 5.74) is 5.38. The predicted octanol–water partition coefficient (Wildman–Crippen LogP) is 3.60. The zero-order chi connectivity index (χ0) is 14.9. The second kappa shape index (κ2) is 16.9. The number of nitrogens with two attached hydrogens (primary N) is 1. The van der Waals surface area contributed by atoms with Gasteiger partial charge in [-0.25, -0.2) is 0 Å². The van der Waals surface area contributed by atoms with Gasteiger partial charge in [0.2, 0.25) is 0 Å². The van der Waals surface area contributed by atoms with Crippen LogP contribution in [-0.4, -0.2) is 30.8 Å². The predicted molar refractivity (Wildman–Crippen MR) is 89.0 cm³/mol. The van der Waals surface area contributed by atoms with Crippen LogP contribution in [0.2, 0.25) is 0 Å². The maximum atomic E-state index is 9.72. The molecule has 0 saturated carbocycles. The fourth-order valence-electron chi connectivity index (χ4n) is 2.52. The highest BCUT2D eigenvalue weighted by atomic mass is 16.3. The summed E-state index contributed by atoms with van der Waals surface area (Å²) in [6.07, 6.45) is 15.7. The lowest BCUT2D eigenvalue weighted by Gasteiger charge is -2.11. The third-order valence-electron chi connectivity index (χ3n) is 3.84. The van der Waals surface area contributed by atoms with Gasteiger partial charge >= 0.3 is 0 Å². The van der Waals surface area contributed by atoms with Crippen molar-refractivity contribution < 1.29 is 5.11 Å². The number of hydrogen-bond donors (Lipinski definition) is 3. The summed E-state index contributed by atoms with van der Waals surface area (Å²) < 4.78 is 0. The third-order valence-corrected chi connectivity index (χ3v) is 3.84. The van der Waals surface area contributed by atoms with Gasteiger partial charge in [-0.3, -0.25) is 0 Å². The van der Waals surface area contributed by atoms with Gasteiger partial charge in [0.05, 0.1) is 6.10 Å². The second-order valence-corrected chi connectivity index (χ2v) is 5.97. The van der Waals surface area contributed by atoms with Crippen molar-refractivity contribution in [2.75, 3.05) is 19.6 Å². The Labute approximate surface area is 126 Å². The van der Waals surface area contributed by atoms with Gasteiger partial charge in [0.15, 0.2) is 0 Å². The van der Waals surface area contributed by atoms with Gasteiger partial charge in [0.25, 0.3) is 0 Å². The fraction of sp³-hybridized carbons (Fsp3) is 1.00. The molecule has 122 valence electrons. The van der Waals surface area contributed by atoms with Gasteiger partial charge in [-0.15, -0.1) is 0 Å². The summed E-state index contributed by atoms with van der Waals surface area (Å²) in [7, 11) is 0. The van der Waals surface area contributed by atoms with Gasteiger partial charge in [0, 0.05) is 19.6 Å². The third kappa shape index (κ3) is 15.9. The summed E-state index contributed by atoms with van der Waals surface area (Å²) in [6, 6.07) is 0. The minimum Gasteiger partial charge on any atom is -0.392 e. The van der Waals surface area contributed by atoms with Gasteiger partial charge < -0.3 is 16.2 Å². The van der Waals surface area contributed by atoms with E-state index in [1.165, 1.54) is 64.2 Å². The highest BCUT2D eigenvalue weighted by Crippen LogP contribution is 2.12. The zero-order valence-corrected chi connectivity index (χ0v) is 13.7. The van der Waals surface area contributed by atoms with Crippen LogP contribution in [0.1, 0.15) is 84.0 Å². The van der Waals surface area contributed by atoms with E-state index in [0.29, 0.717) is 13.1 Å². The van der Waals surface area contributed by atoms with Crippen LogP contribution < -0.4 is 11.1 Å². The van der Waals surface area contributed by atoms with Crippen LogP contribution in [0.3, 0.4) is 0 Å². The minimum absolute atomic E-state index is 0.194. The fourth-order valence-corrected chi connectivity index (χ4v) is 2.52. The van der Waals surface area contributed by atoms with E-state index in [2.05, 4.69) is 12.2 Å². The number of rotatable bonds is 16. The van der Waals surface area contributed by atoms with Crippen molar-refractivity contribution >= 4 is 0 Å². The number of unbranched alkanes of at least 4 members (excludes halogenated alkanes) is 10. The molecule has 1 unspecified atom stereocenters. The highest BCUT2D eigenvalue weighted by molar-refractivity contribution is 4.60. The van der Waals surface area contributed by atoms with E-state index in [9.17, 15) is 5.11 Å². The molecule has 0 fully saturated rings. The van der Waals surface area contributed by atoms with E-state index in [4.69, 9.17) is 5.73 Å². The Hall–Kier alpha value is -0.120. The van der Waals surface area contributed by atoms with E-state index in [1.807, 2.05) is 0 Å². The zero-order valence-electron chi connectivity index (χ0n) is 13.7. The average Bonchev–Trinajstić information content (AvgIpc) is 2.45. The summed E-state index contributed by atoms with van der Waals surface area (Å²) in [5, 5.41) is 12.9. The molecule has 0 bridgehead atoms. The van der Waals surface area contributed by atoms with Gasteiger partial charge in [-0.2, -0.15) is 0 Å². The Balaban J connectivity index is 3.05. The molecular formula is C17H38N2O. The molecule has 0 amide bonds. The lowest BCUT2D eigenvalue weighted by atomic mass is 10.0. The number of aliphatic hydroxyl groups is 1. The number of aliphatic hydroxyl groups excluding tert-OH is 1. The second-order valence-electron chi connectivity index (χ2n) is 5.97. The Morgan fingerprint density at radius 2 is 1.35 bits per heavy atom. The van der Waals surface area contributed by atoms with Crippen LogP contribution in [0, 0.1) is 0 Å². The van der Waals surface area contributed by atoms with Crippen LogP contribution in [0.25, 0.3) is 0 Å². The van der Waals surface area contributed by atoms with Gasteiger partial charge in [0.1, 0.15) is 0 Å². The van der Waals surface area contributed by atoms with Crippen LogP contribution in [-0.2, 0) is 0 Å². The lowest BCUT2D eigenvalue weighted by molar-refractivity contribution is 0.158. The first-order valence-corrected chi connectivity index (χ1v) is 8.90. The van der Waals surface area contributed by atoms with Crippen molar-refractivity contribution in [1.82, 2.24) is 5.32 Å². The minimum atomic E-state index is -0.194. The largest absolute Gasteiger partial charge is 0.392 e. The first kappa shape index (κ1) is 19.9. The molecule has 1 atom stereocenters. The van der Waals surface area contributed by atoms with Crippen molar-refractivity contribution in [2.24, 2.45) is 5.73 Å². The molecule has 0 aliphatic heterocycles. The first-order valence-electron chi connectivity index (χ1n) is 8.90. The molecule has 0 radical (unpaired) electrons. The van der Waals surface area contributed by atoms with E-state index < -0.39 is 0 Å². The molecule has 0 saturated heterocycles. The maximum Gasteiger partial charge on any atom is 0.0664 e. The van der Waals surface area contributed by atoms with Gasteiger partial charge in [-0.05, 0) is 6.42 Å². The Morgan fingerprint density at radius 3 is 1.85 bits per heavy atom. The Kier molecular flexibility index (Phi) is 16.8. The molecule has 0 aromatic heterocycles. The molecule has 3 nitrogen and oxygen atoms in total. The molecule has 0 rings (SSSR count). The summed E-state index contributed by atoms with van der Waals surface area (Å²) in [4.78, 5) is 0. The Morgan fingerprint density at radius 1 is 0.850 bits per heavy atom. The smallest absolute Gasteiger partial charge is 0.0664 e. The van der Waals surface area contributed by atoms with Crippen LogP contribution >= 0.6 is 0 Å². The summed E-state index contributed by atoms with van der Waals surface area (Å²) in [5.74, 6) is 0. The normalized spacial score (nSPS) is 12.8. The molecule has 4 N–H and O–H groups in total. The molecular weight excluding hydrogens is 248 g/mol. The van der Waals surface area contributed by atoms with E-state index in [1.54, 1.807) is 0 Å². The van der Waals surface area contributed by atoms with Crippen molar-refractivity contribution in [3.05, 3.63) is 0 Å². The molecule has 20 heavy (non-hydrogen) atoms. The Bertz CT molecular complexity index is 176. The highest BCUT2D eigenvalue weighted by Gasteiger charge is 2.02. The van der Waals surface area contributed by atoms with Crippen LogP contribution in [0.4, 0.5) is 0 Å². The molecule has 0 aliphatic rings. The standard InChI is InChI=1S/C17H38N2O/c1-2-3-4-5-6-7-8-9-10-11-12-13-17(20)16-19-15-14-18/h17,19-20H,2-16,18H2,1H3. The number of hydrogen-bond acceptors (Lipinski definition) is 3.